The van der Waals surface area contributed by atoms with E-state index < -0.39 is 5.79 Å². The molecule has 10 nitrogen and oxygen atoms in total. The minimum atomic E-state index is -0.616. The van der Waals surface area contributed by atoms with Gasteiger partial charge in [-0.2, -0.15) is 10.1 Å². The normalized spacial score (nSPS) is 17.2. The van der Waals surface area contributed by atoms with Crippen molar-refractivity contribution in [1.29, 1.82) is 0 Å². The molecule has 0 amide bonds. The van der Waals surface area contributed by atoms with E-state index in [9.17, 15) is 0 Å². The van der Waals surface area contributed by atoms with E-state index >= 15 is 0 Å². The molecular weight excluding hydrogens is 452 g/mol. The molecule has 1 aliphatic rings. The van der Waals surface area contributed by atoms with E-state index in [4.69, 9.17) is 33.4 Å². The molecule has 1 aromatic carbocycles. The quantitative estimate of drug-likeness (QED) is 0.382. The zero-order valence-corrected chi connectivity index (χ0v) is 21.1. The van der Waals surface area contributed by atoms with Crippen molar-refractivity contribution in [2.45, 2.75) is 52.6 Å². The van der Waals surface area contributed by atoms with Crippen molar-refractivity contribution >= 4 is 22.4 Å². The molecule has 1 unspecified atom stereocenters. The summed E-state index contributed by atoms with van der Waals surface area (Å²) in [5.41, 5.74) is 0.946. The van der Waals surface area contributed by atoms with Crippen LogP contribution in [-0.2, 0) is 14.2 Å². The van der Waals surface area contributed by atoms with Crippen molar-refractivity contribution in [3.8, 4) is 17.4 Å². The van der Waals surface area contributed by atoms with Crippen molar-refractivity contribution < 1.29 is 28.4 Å². The van der Waals surface area contributed by atoms with Crippen molar-refractivity contribution in [3.05, 3.63) is 30.0 Å². The molecule has 10 heteroatoms. The number of rotatable bonds is 11. The number of fused-ring (bicyclic) bond motifs is 1. The maximum absolute atomic E-state index is 6.17. The van der Waals surface area contributed by atoms with Crippen molar-refractivity contribution in [2.75, 3.05) is 38.9 Å². The third-order valence-corrected chi connectivity index (χ3v) is 5.21. The monoisotopic (exact) mass is 486 g/mol. The van der Waals surface area contributed by atoms with Crippen LogP contribution in [0.2, 0.25) is 0 Å². The zero-order chi connectivity index (χ0) is 25.0. The van der Waals surface area contributed by atoms with Crippen LogP contribution < -0.4 is 19.5 Å². The van der Waals surface area contributed by atoms with E-state index in [2.05, 4.69) is 15.5 Å². The van der Waals surface area contributed by atoms with Crippen molar-refractivity contribution in [2.24, 2.45) is 0 Å². The molecule has 35 heavy (non-hydrogen) atoms. The molecule has 3 aromatic rings. The molecule has 0 radical (unpaired) electrons. The number of aromatic amines is 1. The van der Waals surface area contributed by atoms with E-state index in [1.807, 2.05) is 58.9 Å². The van der Waals surface area contributed by atoms with Gasteiger partial charge in [-0.1, -0.05) is 0 Å². The van der Waals surface area contributed by atoms with Gasteiger partial charge in [0.15, 0.2) is 23.1 Å². The molecule has 4 rings (SSSR count). The number of aryl methyl sites for hydroxylation is 1. The first-order valence-corrected chi connectivity index (χ1v) is 11.7. The average Bonchev–Trinajstić information content (AvgIpc) is 3.36. The second-order valence-electron chi connectivity index (χ2n) is 9.16. The number of benzene rings is 1. The van der Waals surface area contributed by atoms with E-state index in [0.717, 1.165) is 16.5 Å². The van der Waals surface area contributed by atoms with Crippen LogP contribution in [0.15, 0.2) is 24.3 Å². The highest BCUT2D eigenvalue weighted by atomic mass is 16.7. The summed E-state index contributed by atoms with van der Waals surface area (Å²) in [5, 5.41) is 12.1. The molecule has 2 N–H and O–H groups in total. The third kappa shape index (κ3) is 6.53. The first-order valence-electron chi connectivity index (χ1n) is 11.7. The number of methoxy groups -OCH3 is 1. The predicted octanol–water partition coefficient (Wildman–Crippen LogP) is 4.35. The van der Waals surface area contributed by atoms with E-state index in [1.165, 1.54) is 0 Å². The highest BCUT2D eigenvalue weighted by Crippen LogP contribution is 2.38. The first-order chi connectivity index (χ1) is 16.7. The molecule has 1 aliphatic heterocycles. The number of ether oxygens (including phenoxy) is 6. The summed E-state index contributed by atoms with van der Waals surface area (Å²) in [6, 6.07) is 7.65. The summed E-state index contributed by atoms with van der Waals surface area (Å²) in [7, 11) is 1.63. The van der Waals surface area contributed by atoms with Gasteiger partial charge in [-0.15, -0.1) is 0 Å². The van der Waals surface area contributed by atoms with Crippen molar-refractivity contribution in [3.63, 3.8) is 0 Å². The lowest BCUT2D eigenvalue weighted by atomic mass is 10.1. The number of aromatic nitrogens is 3. The number of nitrogens with one attached hydrogen (secondary N) is 2. The Morgan fingerprint density at radius 3 is 2.57 bits per heavy atom. The minimum absolute atomic E-state index is 0.0646. The largest absolute Gasteiger partial charge is 0.487 e. The maximum atomic E-state index is 6.17. The van der Waals surface area contributed by atoms with Crippen molar-refractivity contribution in [1.82, 2.24) is 15.2 Å². The second-order valence-corrected chi connectivity index (χ2v) is 9.16. The highest BCUT2D eigenvalue weighted by molar-refractivity contribution is 5.92. The van der Waals surface area contributed by atoms with Crippen LogP contribution in [0.1, 0.15) is 33.4 Å². The molecule has 1 fully saturated rings. The summed E-state index contributed by atoms with van der Waals surface area (Å²) >= 11 is 0. The van der Waals surface area contributed by atoms with Gasteiger partial charge in [0.25, 0.3) is 0 Å². The van der Waals surface area contributed by atoms with Gasteiger partial charge in [-0.25, -0.2) is 0 Å². The van der Waals surface area contributed by atoms with Gasteiger partial charge in [0, 0.05) is 24.3 Å². The van der Waals surface area contributed by atoms with Crippen LogP contribution in [0.5, 0.6) is 17.4 Å². The lowest BCUT2D eigenvalue weighted by Gasteiger charge is -2.19. The van der Waals surface area contributed by atoms with Crippen LogP contribution in [0.25, 0.3) is 10.8 Å². The number of H-pyrrole nitrogens is 1. The zero-order valence-electron chi connectivity index (χ0n) is 21.1. The Kier molecular flexibility index (Phi) is 7.63. The highest BCUT2D eigenvalue weighted by Gasteiger charge is 2.33. The predicted molar refractivity (Wildman–Crippen MR) is 132 cm³/mol. The molecule has 0 spiro atoms. The Balaban J connectivity index is 1.68. The van der Waals surface area contributed by atoms with E-state index in [0.29, 0.717) is 55.4 Å². The SMILES string of the molecule is COCCOc1cc2c(OC(C)C)nc(Nc3cc(C)[nH]n3)cc2cc1OCC1COC(C)(C)O1. The van der Waals surface area contributed by atoms with Gasteiger partial charge >= 0.3 is 0 Å². The molecule has 3 heterocycles. The van der Waals surface area contributed by atoms with Crippen LogP contribution in [0.4, 0.5) is 11.6 Å². The molecular formula is C25H34N4O6. The summed E-state index contributed by atoms with van der Waals surface area (Å²) in [6.45, 7) is 11.3. The van der Waals surface area contributed by atoms with Crippen LogP contribution in [-0.4, -0.2) is 66.7 Å². The average molecular weight is 487 g/mol. The number of nitrogens with zero attached hydrogens (tertiary/aromatic N) is 2. The first kappa shape index (κ1) is 25.0. The minimum Gasteiger partial charge on any atom is -0.487 e. The Morgan fingerprint density at radius 2 is 1.91 bits per heavy atom. The van der Waals surface area contributed by atoms with Gasteiger partial charge in [-0.05, 0) is 58.2 Å². The fraction of sp³-hybridized carbons (Fsp3) is 0.520. The molecule has 2 aromatic heterocycles. The number of hydrogen-bond acceptors (Lipinski definition) is 9. The molecule has 1 saturated heterocycles. The summed E-state index contributed by atoms with van der Waals surface area (Å²) in [6.07, 6.45) is -0.241. The Morgan fingerprint density at radius 1 is 1.11 bits per heavy atom. The fourth-order valence-corrected chi connectivity index (χ4v) is 3.71. The summed E-state index contributed by atoms with van der Waals surface area (Å²) in [5.74, 6) is 2.31. The number of hydrogen-bond donors (Lipinski definition) is 2. The Bertz CT molecular complexity index is 1150. The Labute approximate surface area is 205 Å². The van der Waals surface area contributed by atoms with Gasteiger partial charge in [0.1, 0.15) is 25.1 Å². The number of anilines is 2. The molecule has 190 valence electrons. The molecule has 1 atom stereocenters. The lowest BCUT2D eigenvalue weighted by Crippen LogP contribution is -2.25. The fourth-order valence-electron chi connectivity index (χ4n) is 3.71. The van der Waals surface area contributed by atoms with Crippen LogP contribution >= 0.6 is 0 Å². The van der Waals surface area contributed by atoms with Gasteiger partial charge < -0.3 is 33.7 Å². The topological polar surface area (TPSA) is 109 Å². The Hall–Kier alpha value is -3.08. The van der Waals surface area contributed by atoms with E-state index in [1.54, 1.807) is 7.11 Å². The van der Waals surface area contributed by atoms with E-state index in [-0.39, 0.29) is 12.2 Å². The summed E-state index contributed by atoms with van der Waals surface area (Å²) in [4.78, 5) is 4.69. The maximum Gasteiger partial charge on any atom is 0.223 e. The smallest absolute Gasteiger partial charge is 0.223 e. The lowest BCUT2D eigenvalue weighted by molar-refractivity contribution is -0.141. The third-order valence-electron chi connectivity index (χ3n) is 5.21. The molecule has 0 saturated carbocycles. The summed E-state index contributed by atoms with van der Waals surface area (Å²) < 4.78 is 34.9. The van der Waals surface area contributed by atoms with Crippen LogP contribution in [0.3, 0.4) is 0 Å². The number of pyridine rings is 1. The van der Waals surface area contributed by atoms with Gasteiger partial charge in [-0.3, -0.25) is 5.10 Å². The molecule has 0 aliphatic carbocycles. The van der Waals surface area contributed by atoms with Gasteiger partial charge in [0.2, 0.25) is 5.88 Å². The second kappa shape index (κ2) is 10.7. The standard InChI is InChI=1S/C25H34N4O6/c1-15(2)34-24-19-12-21(31-8-7-30-6)20(32-13-18-14-33-25(4,5)35-18)10-17(19)11-22(27-24)26-23-9-16(3)28-29-23/h9-12,15,18H,7-8,13-14H2,1-6H3,(H2,26,27,28,29). The molecule has 0 bridgehead atoms. The van der Waals surface area contributed by atoms with Gasteiger partial charge in [0.05, 0.1) is 19.3 Å². The van der Waals surface area contributed by atoms with Crippen LogP contribution in [0, 0.1) is 6.92 Å².